The van der Waals surface area contributed by atoms with Crippen molar-refractivity contribution in [1.82, 2.24) is 0 Å². The molecular formula is C13H7BrClFO3. The van der Waals surface area contributed by atoms with Gasteiger partial charge < -0.3 is 9.84 Å². The van der Waals surface area contributed by atoms with Gasteiger partial charge in [-0.3, -0.25) is 0 Å². The van der Waals surface area contributed by atoms with Crippen LogP contribution in [0, 0.1) is 5.82 Å². The Bertz CT molecular complexity index is 646. The van der Waals surface area contributed by atoms with Crippen molar-refractivity contribution in [3.05, 3.63) is 57.3 Å². The molecule has 0 unspecified atom stereocenters. The number of hydrogen-bond acceptors (Lipinski definition) is 2. The van der Waals surface area contributed by atoms with E-state index < -0.39 is 11.8 Å². The lowest BCUT2D eigenvalue weighted by Gasteiger charge is -2.11. The molecule has 2 aromatic rings. The summed E-state index contributed by atoms with van der Waals surface area (Å²) in [7, 11) is 0. The van der Waals surface area contributed by atoms with Crippen molar-refractivity contribution in [2.24, 2.45) is 0 Å². The van der Waals surface area contributed by atoms with Crippen LogP contribution in [0.15, 0.2) is 40.9 Å². The lowest BCUT2D eigenvalue weighted by Crippen LogP contribution is -2.02. The van der Waals surface area contributed by atoms with Crippen molar-refractivity contribution in [3.8, 4) is 11.5 Å². The molecule has 6 heteroatoms. The number of aromatic carboxylic acids is 1. The molecule has 0 fully saturated rings. The molecule has 2 aromatic carbocycles. The third-order valence-corrected chi connectivity index (χ3v) is 3.11. The first-order valence-electron chi connectivity index (χ1n) is 5.13. The minimum Gasteiger partial charge on any atom is -0.478 e. The molecule has 0 bridgehead atoms. The predicted octanol–water partition coefficient (Wildman–Crippen LogP) is 4.73. The van der Waals surface area contributed by atoms with Crippen molar-refractivity contribution in [3.63, 3.8) is 0 Å². The summed E-state index contributed by atoms with van der Waals surface area (Å²) in [6, 6.07) is 8.45. The Hall–Kier alpha value is -1.59. The van der Waals surface area contributed by atoms with E-state index in [-0.39, 0.29) is 22.1 Å². The third kappa shape index (κ3) is 3.05. The average Bonchev–Trinajstić information content (AvgIpc) is 2.35. The molecule has 0 amide bonds. The van der Waals surface area contributed by atoms with Gasteiger partial charge in [-0.15, -0.1) is 0 Å². The van der Waals surface area contributed by atoms with Crippen LogP contribution in [0.2, 0.25) is 5.02 Å². The Labute approximate surface area is 121 Å². The van der Waals surface area contributed by atoms with E-state index in [1.54, 1.807) is 12.1 Å². The topological polar surface area (TPSA) is 46.5 Å². The van der Waals surface area contributed by atoms with Gasteiger partial charge in [0.1, 0.15) is 11.3 Å². The summed E-state index contributed by atoms with van der Waals surface area (Å²) >= 11 is 9.14. The van der Waals surface area contributed by atoms with Crippen LogP contribution in [0.1, 0.15) is 10.4 Å². The number of para-hydroxylation sites is 1. The second kappa shape index (κ2) is 5.59. The van der Waals surface area contributed by atoms with Crippen LogP contribution in [-0.4, -0.2) is 11.1 Å². The average molecular weight is 346 g/mol. The molecule has 0 aliphatic carbocycles. The Morgan fingerprint density at radius 1 is 1.32 bits per heavy atom. The summed E-state index contributed by atoms with van der Waals surface area (Å²) in [6.07, 6.45) is 0. The van der Waals surface area contributed by atoms with Crippen LogP contribution in [-0.2, 0) is 0 Å². The number of carbonyl (C=O) groups is 1. The van der Waals surface area contributed by atoms with Gasteiger partial charge in [0.2, 0.25) is 0 Å². The highest BCUT2D eigenvalue weighted by Crippen LogP contribution is 2.34. The molecule has 1 N–H and O–H groups in total. The Morgan fingerprint density at radius 3 is 2.74 bits per heavy atom. The third-order valence-electron chi connectivity index (χ3n) is 2.30. The zero-order chi connectivity index (χ0) is 14.0. The fraction of sp³-hybridized carbons (Fsp3) is 0. The maximum absolute atomic E-state index is 13.7. The normalized spacial score (nSPS) is 10.3. The zero-order valence-corrected chi connectivity index (χ0v) is 11.7. The fourth-order valence-electron chi connectivity index (χ4n) is 1.45. The lowest BCUT2D eigenvalue weighted by molar-refractivity contribution is 0.0693. The van der Waals surface area contributed by atoms with Gasteiger partial charge in [-0.25, -0.2) is 9.18 Å². The summed E-state index contributed by atoms with van der Waals surface area (Å²) < 4.78 is 19.7. The van der Waals surface area contributed by atoms with Gasteiger partial charge in [-0.05, 0) is 30.3 Å². The van der Waals surface area contributed by atoms with E-state index in [0.29, 0.717) is 4.47 Å². The molecule has 0 aromatic heterocycles. The summed E-state index contributed by atoms with van der Waals surface area (Å²) in [5, 5.41) is 9.26. The van der Waals surface area contributed by atoms with Crippen molar-refractivity contribution < 1.29 is 19.0 Å². The molecule has 0 aliphatic rings. The van der Waals surface area contributed by atoms with Crippen LogP contribution >= 0.6 is 27.5 Å². The molecule has 0 atom stereocenters. The monoisotopic (exact) mass is 344 g/mol. The zero-order valence-electron chi connectivity index (χ0n) is 9.36. The quantitative estimate of drug-likeness (QED) is 0.874. The minimum atomic E-state index is -1.28. The fourth-order valence-corrected chi connectivity index (χ4v) is 1.94. The first-order chi connectivity index (χ1) is 8.99. The molecule has 0 heterocycles. The van der Waals surface area contributed by atoms with Gasteiger partial charge in [0, 0.05) is 4.47 Å². The van der Waals surface area contributed by atoms with Crippen molar-refractivity contribution >= 4 is 33.5 Å². The molecule has 0 aliphatic heterocycles. The SMILES string of the molecule is O=C(O)c1cccc(F)c1Oc1cc(Br)ccc1Cl. The largest absolute Gasteiger partial charge is 0.478 e. The molecule has 19 heavy (non-hydrogen) atoms. The molecule has 98 valence electrons. The number of ether oxygens (including phenoxy) is 1. The Balaban J connectivity index is 2.49. The van der Waals surface area contributed by atoms with Crippen LogP contribution in [0.25, 0.3) is 0 Å². The number of carboxylic acid groups (broad SMARTS) is 1. The van der Waals surface area contributed by atoms with Crippen LogP contribution < -0.4 is 4.74 Å². The second-order valence-corrected chi connectivity index (χ2v) is 4.92. The number of carboxylic acids is 1. The highest BCUT2D eigenvalue weighted by Gasteiger charge is 2.17. The molecule has 0 saturated heterocycles. The molecule has 0 saturated carbocycles. The van der Waals surface area contributed by atoms with E-state index in [0.717, 1.165) is 6.07 Å². The molecule has 0 radical (unpaired) electrons. The standard InChI is InChI=1S/C13H7BrClFO3/c14-7-4-5-9(15)11(6-7)19-12-8(13(17)18)2-1-3-10(12)16/h1-6H,(H,17,18). The number of halogens is 3. The minimum absolute atomic E-state index is 0.170. The summed E-state index contributed by atoms with van der Waals surface area (Å²) in [5.41, 5.74) is -0.268. The van der Waals surface area contributed by atoms with E-state index in [2.05, 4.69) is 15.9 Å². The molecule has 0 spiro atoms. The second-order valence-electron chi connectivity index (χ2n) is 3.60. The smallest absolute Gasteiger partial charge is 0.339 e. The highest BCUT2D eigenvalue weighted by atomic mass is 79.9. The number of benzene rings is 2. The Morgan fingerprint density at radius 2 is 2.05 bits per heavy atom. The van der Waals surface area contributed by atoms with Gasteiger partial charge in [0.15, 0.2) is 11.6 Å². The maximum atomic E-state index is 13.7. The predicted molar refractivity (Wildman–Crippen MR) is 72.6 cm³/mol. The number of rotatable bonds is 3. The van der Waals surface area contributed by atoms with Crippen LogP contribution in [0.4, 0.5) is 4.39 Å². The lowest BCUT2D eigenvalue weighted by atomic mass is 10.2. The molecule has 2 rings (SSSR count). The van der Waals surface area contributed by atoms with Gasteiger partial charge in [-0.2, -0.15) is 0 Å². The summed E-state index contributed by atoms with van der Waals surface area (Å²) in [4.78, 5) is 11.0. The highest BCUT2D eigenvalue weighted by molar-refractivity contribution is 9.10. The van der Waals surface area contributed by atoms with E-state index in [4.69, 9.17) is 21.4 Å². The van der Waals surface area contributed by atoms with Crippen molar-refractivity contribution in [2.45, 2.75) is 0 Å². The van der Waals surface area contributed by atoms with E-state index >= 15 is 0 Å². The van der Waals surface area contributed by atoms with Crippen molar-refractivity contribution in [2.75, 3.05) is 0 Å². The van der Waals surface area contributed by atoms with Gasteiger partial charge in [0.25, 0.3) is 0 Å². The van der Waals surface area contributed by atoms with Gasteiger partial charge in [-0.1, -0.05) is 33.6 Å². The van der Waals surface area contributed by atoms with Crippen LogP contribution in [0.3, 0.4) is 0 Å². The first-order valence-corrected chi connectivity index (χ1v) is 6.31. The first kappa shape index (κ1) is 13.8. The summed E-state index contributed by atoms with van der Waals surface area (Å²) in [6.45, 7) is 0. The maximum Gasteiger partial charge on any atom is 0.339 e. The Kier molecular flexibility index (Phi) is 4.07. The molecule has 3 nitrogen and oxygen atoms in total. The van der Waals surface area contributed by atoms with E-state index in [1.807, 2.05) is 0 Å². The summed E-state index contributed by atoms with van der Waals surface area (Å²) in [5.74, 6) is -2.24. The van der Waals surface area contributed by atoms with E-state index in [9.17, 15) is 9.18 Å². The van der Waals surface area contributed by atoms with Crippen molar-refractivity contribution in [1.29, 1.82) is 0 Å². The van der Waals surface area contributed by atoms with Crippen LogP contribution in [0.5, 0.6) is 11.5 Å². The number of hydrogen-bond donors (Lipinski definition) is 1. The van der Waals surface area contributed by atoms with Gasteiger partial charge >= 0.3 is 5.97 Å². The van der Waals surface area contributed by atoms with E-state index in [1.165, 1.54) is 18.2 Å². The van der Waals surface area contributed by atoms with Gasteiger partial charge in [0.05, 0.1) is 5.02 Å². The molecular weight excluding hydrogens is 338 g/mol.